The lowest BCUT2D eigenvalue weighted by Gasteiger charge is -2.19. The standard InChI is InChI=1S/C20H26N4/c1-20(2,3)14-6-8-15(9-7-14)21-18-12-17(13-4-5-13)23-19(24-18)22-16-10-11-16/h6-9,12-13,16H,4-5,10-11H2,1-3H3,(H2,21,22,23,24). The Morgan fingerprint density at radius 1 is 0.958 bits per heavy atom. The van der Waals surface area contributed by atoms with E-state index in [9.17, 15) is 0 Å². The van der Waals surface area contributed by atoms with Gasteiger partial charge in [-0.05, 0) is 48.8 Å². The summed E-state index contributed by atoms with van der Waals surface area (Å²) in [6.45, 7) is 6.70. The number of hydrogen-bond donors (Lipinski definition) is 2. The second kappa shape index (κ2) is 5.76. The Kier molecular flexibility index (Phi) is 3.70. The van der Waals surface area contributed by atoms with Gasteiger partial charge in [0.15, 0.2) is 0 Å². The van der Waals surface area contributed by atoms with Gasteiger partial charge < -0.3 is 10.6 Å². The van der Waals surface area contributed by atoms with Gasteiger partial charge in [0.1, 0.15) is 5.82 Å². The fraction of sp³-hybridized carbons (Fsp3) is 0.500. The molecule has 1 aromatic heterocycles. The van der Waals surface area contributed by atoms with Crippen LogP contribution in [-0.2, 0) is 5.41 Å². The molecule has 0 atom stereocenters. The second-order valence-corrected chi connectivity index (χ2v) is 8.15. The Hall–Kier alpha value is -2.10. The molecule has 0 radical (unpaired) electrons. The first-order valence-corrected chi connectivity index (χ1v) is 9.00. The molecule has 4 rings (SSSR count). The third kappa shape index (κ3) is 3.69. The van der Waals surface area contributed by atoms with Crippen LogP contribution in [0.2, 0.25) is 0 Å². The number of nitrogens with zero attached hydrogens (tertiary/aromatic N) is 2. The zero-order chi connectivity index (χ0) is 16.7. The van der Waals surface area contributed by atoms with Crippen LogP contribution in [0.3, 0.4) is 0 Å². The van der Waals surface area contributed by atoms with Gasteiger partial charge in [-0.15, -0.1) is 0 Å². The lowest BCUT2D eigenvalue weighted by molar-refractivity contribution is 0.590. The molecule has 2 saturated carbocycles. The van der Waals surface area contributed by atoms with Gasteiger partial charge in [-0.1, -0.05) is 32.9 Å². The van der Waals surface area contributed by atoms with Gasteiger partial charge in [0.2, 0.25) is 5.95 Å². The summed E-state index contributed by atoms with van der Waals surface area (Å²) in [7, 11) is 0. The SMILES string of the molecule is CC(C)(C)c1ccc(Nc2cc(C3CC3)nc(NC3CC3)n2)cc1. The predicted molar refractivity (Wildman–Crippen MR) is 99.1 cm³/mol. The van der Waals surface area contributed by atoms with Gasteiger partial charge in [-0.2, -0.15) is 4.98 Å². The van der Waals surface area contributed by atoms with Crippen LogP contribution in [0.15, 0.2) is 30.3 Å². The quantitative estimate of drug-likeness (QED) is 0.816. The van der Waals surface area contributed by atoms with Crippen LogP contribution < -0.4 is 10.6 Å². The maximum absolute atomic E-state index is 4.70. The summed E-state index contributed by atoms with van der Waals surface area (Å²) < 4.78 is 0. The highest BCUT2D eigenvalue weighted by molar-refractivity contribution is 5.58. The van der Waals surface area contributed by atoms with Crippen molar-refractivity contribution in [3.63, 3.8) is 0 Å². The molecule has 2 aliphatic rings. The Balaban J connectivity index is 1.55. The molecule has 0 amide bonds. The van der Waals surface area contributed by atoms with Gasteiger partial charge in [0.05, 0.1) is 5.69 Å². The van der Waals surface area contributed by atoms with Crippen molar-refractivity contribution in [2.45, 2.75) is 63.8 Å². The number of aromatic nitrogens is 2. The molecule has 2 N–H and O–H groups in total. The van der Waals surface area contributed by atoms with E-state index in [4.69, 9.17) is 4.98 Å². The molecule has 126 valence electrons. The lowest BCUT2D eigenvalue weighted by Crippen LogP contribution is -2.11. The highest BCUT2D eigenvalue weighted by Crippen LogP contribution is 2.40. The van der Waals surface area contributed by atoms with Crippen LogP contribution in [0.25, 0.3) is 0 Å². The second-order valence-electron chi connectivity index (χ2n) is 8.15. The maximum Gasteiger partial charge on any atom is 0.225 e. The van der Waals surface area contributed by atoms with Crippen LogP contribution in [0.4, 0.5) is 17.5 Å². The molecule has 0 bridgehead atoms. The van der Waals surface area contributed by atoms with Crippen molar-refractivity contribution < 1.29 is 0 Å². The molecule has 1 heterocycles. The molecule has 0 aliphatic heterocycles. The molecule has 4 nitrogen and oxygen atoms in total. The van der Waals surface area contributed by atoms with E-state index in [0.29, 0.717) is 12.0 Å². The summed E-state index contributed by atoms with van der Waals surface area (Å²) >= 11 is 0. The van der Waals surface area contributed by atoms with Crippen molar-refractivity contribution in [1.82, 2.24) is 9.97 Å². The number of benzene rings is 1. The maximum atomic E-state index is 4.70. The molecular formula is C20H26N4. The van der Waals surface area contributed by atoms with Crippen LogP contribution >= 0.6 is 0 Å². The van der Waals surface area contributed by atoms with E-state index in [2.05, 4.69) is 66.7 Å². The van der Waals surface area contributed by atoms with Crippen LogP contribution in [-0.4, -0.2) is 16.0 Å². The normalized spacial score (nSPS) is 17.6. The summed E-state index contributed by atoms with van der Waals surface area (Å²) in [5.74, 6) is 2.28. The molecule has 2 aliphatic carbocycles. The van der Waals surface area contributed by atoms with E-state index in [1.807, 2.05) is 0 Å². The fourth-order valence-electron chi connectivity index (χ4n) is 2.79. The van der Waals surface area contributed by atoms with Crippen molar-refractivity contribution in [2.24, 2.45) is 0 Å². The van der Waals surface area contributed by atoms with E-state index in [-0.39, 0.29) is 5.41 Å². The van der Waals surface area contributed by atoms with E-state index >= 15 is 0 Å². The number of nitrogens with one attached hydrogen (secondary N) is 2. The molecule has 4 heteroatoms. The molecule has 0 spiro atoms. The van der Waals surface area contributed by atoms with Crippen LogP contribution in [0, 0.1) is 0 Å². The summed E-state index contributed by atoms with van der Waals surface area (Å²) in [4.78, 5) is 9.36. The van der Waals surface area contributed by atoms with Crippen molar-refractivity contribution in [3.05, 3.63) is 41.6 Å². The third-order valence-corrected chi connectivity index (χ3v) is 4.68. The number of hydrogen-bond acceptors (Lipinski definition) is 4. The summed E-state index contributed by atoms with van der Waals surface area (Å²) in [6, 6.07) is 11.3. The van der Waals surface area contributed by atoms with Crippen molar-refractivity contribution in [1.29, 1.82) is 0 Å². The Bertz CT molecular complexity index is 722. The van der Waals surface area contributed by atoms with Crippen LogP contribution in [0.5, 0.6) is 0 Å². The summed E-state index contributed by atoms with van der Waals surface area (Å²) in [6.07, 6.45) is 4.96. The molecule has 2 aromatic rings. The van der Waals surface area contributed by atoms with Crippen molar-refractivity contribution >= 4 is 17.5 Å². The average Bonchev–Trinajstić information content (AvgIpc) is 3.41. The molecule has 1 aromatic carbocycles. The van der Waals surface area contributed by atoms with Gasteiger partial charge in [0.25, 0.3) is 0 Å². The Morgan fingerprint density at radius 2 is 1.67 bits per heavy atom. The number of anilines is 3. The van der Waals surface area contributed by atoms with Crippen molar-refractivity contribution in [2.75, 3.05) is 10.6 Å². The monoisotopic (exact) mass is 322 g/mol. The fourth-order valence-corrected chi connectivity index (χ4v) is 2.79. The Morgan fingerprint density at radius 3 is 2.25 bits per heavy atom. The molecule has 24 heavy (non-hydrogen) atoms. The molecule has 0 saturated heterocycles. The zero-order valence-corrected chi connectivity index (χ0v) is 14.8. The smallest absolute Gasteiger partial charge is 0.225 e. The van der Waals surface area contributed by atoms with E-state index in [0.717, 1.165) is 17.5 Å². The minimum Gasteiger partial charge on any atom is -0.351 e. The van der Waals surface area contributed by atoms with E-state index < -0.39 is 0 Å². The first-order chi connectivity index (χ1) is 11.5. The van der Waals surface area contributed by atoms with E-state index in [1.54, 1.807) is 0 Å². The zero-order valence-electron chi connectivity index (χ0n) is 14.8. The highest BCUT2D eigenvalue weighted by Gasteiger charge is 2.28. The minimum atomic E-state index is 0.175. The largest absolute Gasteiger partial charge is 0.351 e. The third-order valence-electron chi connectivity index (χ3n) is 4.68. The van der Waals surface area contributed by atoms with Gasteiger partial charge >= 0.3 is 0 Å². The molecular weight excluding hydrogens is 296 g/mol. The summed E-state index contributed by atoms with van der Waals surface area (Å²) in [5, 5.41) is 6.88. The topological polar surface area (TPSA) is 49.8 Å². The Labute approximate surface area is 144 Å². The summed E-state index contributed by atoms with van der Waals surface area (Å²) in [5.41, 5.74) is 3.75. The number of rotatable bonds is 5. The van der Waals surface area contributed by atoms with Crippen molar-refractivity contribution in [3.8, 4) is 0 Å². The highest BCUT2D eigenvalue weighted by atomic mass is 15.2. The average molecular weight is 322 g/mol. The first-order valence-electron chi connectivity index (χ1n) is 9.00. The van der Waals surface area contributed by atoms with Gasteiger partial charge in [-0.25, -0.2) is 4.98 Å². The van der Waals surface area contributed by atoms with E-state index in [1.165, 1.54) is 36.9 Å². The minimum absolute atomic E-state index is 0.175. The predicted octanol–water partition coefficient (Wildman–Crippen LogP) is 4.97. The van der Waals surface area contributed by atoms with Crippen LogP contribution in [0.1, 0.15) is 63.6 Å². The van der Waals surface area contributed by atoms with Gasteiger partial charge in [0, 0.05) is 23.7 Å². The molecule has 0 unspecified atom stereocenters. The van der Waals surface area contributed by atoms with Gasteiger partial charge in [-0.3, -0.25) is 0 Å². The first kappa shape index (κ1) is 15.4. The molecule has 2 fully saturated rings. The lowest BCUT2D eigenvalue weighted by atomic mass is 9.87.